The summed E-state index contributed by atoms with van der Waals surface area (Å²) in [5.41, 5.74) is 3.62. The molecule has 3 aromatic rings. The Labute approximate surface area is 168 Å². The maximum atomic E-state index is 12.9. The lowest BCUT2D eigenvalue weighted by Gasteiger charge is -2.28. The van der Waals surface area contributed by atoms with Gasteiger partial charge in [0.15, 0.2) is 0 Å². The number of anilines is 2. The molecule has 140 valence electrons. The Bertz CT molecular complexity index is 1010. The van der Waals surface area contributed by atoms with Gasteiger partial charge in [-0.1, -0.05) is 42.3 Å². The number of morpholine rings is 1. The molecule has 0 radical (unpaired) electrons. The van der Waals surface area contributed by atoms with Crippen LogP contribution in [0.15, 0.2) is 60.7 Å². The molecule has 1 saturated heterocycles. The molecule has 0 unspecified atom stereocenters. The second-order valence-electron chi connectivity index (χ2n) is 6.47. The fraction of sp³-hybridized carbons (Fsp3) is 0.174. The smallest absolute Gasteiger partial charge is 0.265 e. The molecule has 2 heterocycles. The molecule has 1 aliphatic rings. The highest BCUT2D eigenvalue weighted by Gasteiger charge is 2.22. The predicted octanol–water partition coefficient (Wildman–Crippen LogP) is 4.49. The minimum atomic E-state index is -0.129. The Morgan fingerprint density at radius 2 is 1.86 bits per heavy atom. The summed E-state index contributed by atoms with van der Waals surface area (Å²) in [6.07, 6.45) is 5.45. The fourth-order valence-corrected chi connectivity index (χ4v) is 4.33. The van der Waals surface area contributed by atoms with Crippen molar-refractivity contribution in [3.05, 3.63) is 71.1 Å². The number of hydrogen-bond donors (Lipinski definition) is 1. The number of benzene rings is 2. The molecule has 0 saturated carbocycles. The van der Waals surface area contributed by atoms with Gasteiger partial charge in [-0.05, 0) is 29.8 Å². The van der Waals surface area contributed by atoms with Crippen LogP contribution in [0, 0.1) is 12.3 Å². The van der Waals surface area contributed by atoms with Crippen LogP contribution in [-0.4, -0.2) is 32.2 Å². The van der Waals surface area contributed by atoms with Gasteiger partial charge in [0, 0.05) is 29.9 Å². The average Bonchev–Trinajstić information content (AvgIpc) is 3.21. The van der Waals surface area contributed by atoms with Crippen LogP contribution in [0.5, 0.6) is 0 Å². The summed E-state index contributed by atoms with van der Waals surface area (Å²) in [5, 5.41) is 4.07. The summed E-state index contributed by atoms with van der Waals surface area (Å²) in [5.74, 6) is 2.46. The van der Waals surface area contributed by atoms with E-state index in [-0.39, 0.29) is 5.91 Å². The Balaban J connectivity index is 1.66. The van der Waals surface area contributed by atoms with Crippen LogP contribution in [-0.2, 0) is 4.74 Å². The standard InChI is InChI=1S/C23H20N2O2S/c1-2-17-7-6-10-19(15-17)24-22(26)21-16-20(18-8-4-3-5-9-18)23(28-21)25-11-13-27-14-12-25/h1,3-10,15-16H,11-14H2,(H,24,26). The van der Waals surface area contributed by atoms with Crippen LogP contribution in [0.1, 0.15) is 15.2 Å². The number of ether oxygens (including phenoxy) is 1. The average molecular weight is 388 g/mol. The molecule has 0 bridgehead atoms. The minimum absolute atomic E-state index is 0.129. The summed E-state index contributed by atoms with van der Waals surface area (Å²) in [6.45, 7) is 3.05. The van der Waals surface area contributed by atoms with Gasteiger partial charge in [0.2, 0.25) is 0 Å². The Morgan fingerprint density at radius 3 is 2.61 bits per heavy atom. The van der Waals surface area contributed by atoms with Crippen molar-refractivity contribution in [3.63, 3.8) is 0 Å². The van der Waals surface area contributed by atoms with E-state index in [1.54, 1.807) is 6.07 Å². The van der Waals surface area contributed by atoms with Gasteiger partial charge in [0.1, 0.15) is 0 Å². The van der Waals surface area contributed by atoms with E-state index in [0.717, 1.165) is 34.8 Å². The lowest BCUT2D eigenvalue weighted by molar-refractivity contribution is 0.103. The zero-order chi connectivity index (χ0) is 19.3. The van der Waals surface area contributed by atoms with Gasteiger partial charge in [0.05, 0.1) is 23.1 Å². The number of carbonyl (C=O) groups excluding carboxylic acids is 1. The second kappa shape index (κ2) is 8.30. The number of terminal acetylenes is 1. The molecular weight excluding hydrogens is 368 g/mol. The number of thiophene rings is 1. The van der Waals surface area contributed by atoms with Gasteiger partial charge in [-0.3, -0.25) is 4.79 Å². The Hall–Kier alpha value is -3.07. The van der Waals surface area contributed by atoms with Crippen molar-refractivity contribution >= 4 is 27.9 Å². The molecule has 4 nitrogen and oxygen atoms in total. The number of carbonyl (C=O) groups is 1. The molecule has 1 fully saturated rings. The third-order valence-electron chi connectivity index (χ3n) is 4.61. The first-order valence-electron chi connectivity index (χ1n) is 9.14. The minimum Gasteiger partial charge on any atom is -0.378 e. The van der Waals surface area contributed by atoms with Gasteiger partial charge >= 0.3 is 0 Å². The molecular formula is C23H20N2O2S. The number of nitrogens with zero attached hydrogens (tertiary/aromatic N) is 1. The first-order chi connectivity index (χ1) is 13.7. The normalized spacial score (nSPS) is 13.8. The highest BCUT2D eigenvalue weighted by Crippen LogP contribution is 2.39. The number of nitrogens with one attached hydrogen (secondary N) is 1. The molecule has 0 aliphatic carbocycles. The summed E-state index contributed by atoms with van der Waals surface area (Å²) in [4.78, 5) is 15.9. The lowest BCUT2D eigenvalue weighted by Crippen LogP contribution is -2.35. The predicted molar refractivity (Wildman–Crippen MR) is 115 cm³/mol. The van der Waals surface area contributed by atoms with Gasteiger partial charge in [-0.15, -0.1) is 17.8 Å². The van der Waals surface area contributed by atoms with Gasteiger partial charge in [-0.2, -0.15) is 0 Å². The third kappa shape index (κ3) is 3.94. The van der Waals surface area contributed by atoms with Crippen molar-refractivity contribution in [2.24, 2.45) is 0 Å². The maximum absolute atomic E-state index is 12.9. The molecule has 1 aromatic heterocycles. The molecule has 2 aromatic carbocycles. The highest BCUT2D eigenvalue weighted by molar-refractivity contribution is 7.18. The first-order valence-corrected chi connectivity index (χ1v) is 9.96. The maximum Gasteiger partial charge on any atom is 0.265 e. The molecule has 28 heavy (non-hydrogen) atoms. The zero-order valence-corrected chi connectivity index (χ0v) is 16.2. The molecule has 1 N–H and O–H groups in total. The summed E-state index contributed by atoms with van der Waals surface area (Å²) in [7, 11) is 0. The van der Waals surface area contributed by atoms with E-state index in [4.69, 9.17) is 11.2 Å². The number of hydrogen-bond acceptors (Lipinski definition) is 4. The Morgan fingerprint density at radius 1 is 1.07 bits per heavy atom. The SMILES string of the molecule is C#Cc1cccc(NC(=O)c2cc(-c3ccccc3)c(N3CCOCC3)s2)c1. The first kappa shape index (κ1) is 18.3. The lowest BCUT2D eigenvalue weighted by atomic mass is 10.1. The largest absolute Gasteiger partial charge is 0.378 e. The van der Waals surface area contributed by atoms with Crippen molar-refractivity contribution in [1.82, 2.24) is 0 Å². The Kier molecular flexibility index (Phi) is 5.43. The summed E-state index contributed by atoms with van der Waals surface area (Å²) in [6, 6.07) is 19.5. The van der Waals surface area contributed by atoms with Crippen LogP contribution >= 0.6 is 11.3 Å². The molecule has 0 spiro atoms. The van der Waals surface area contributed by atoms with Crippen molar-refractivity contribution in [2.45, 2.75) is 0 Å². The molecule has 4 rings (SSSR count). The monoisotopic (exact) mass is 388 g/mol. The van der Waals surface area contributed by atoms with E-state index in [1.165, 1.54) is 11.3 Å². The van der Waals surface area contributed by atoms with Crippen molar-refractivity contribution in [2.75, 3.05) is 36.5 Å². The zero-order valence-electron chi connectivity index (χ0n) is 15.4. The van der Waals surface area contributed by atoms with Crippen LogP contribution in [0.2, 0.25) is 0 Å². The van der Waals surface area contributed by atoms with E-state index in [1.807, 2.05) is 42.5 Å². The summed E-state index contributed by atoms with van der Waals surface area (Å²) < 4.78 is 5.49. The van der Waals surface area contributed by atoms with Crippen molar-refractivity contribution in [3.8, 4) is 23.5 Å². The second-order valence-corrected chi connectivity index (χ2v) is 7.50. The topological polar surface area (TPSA) is 41.6 Å². The van der Waals surface area contributed by atoms with E-state index >= 15 is 0 Å². The van der Waals surface area contributed by atoms with Gasteiger partial charge < -0.3 is 15.0 Å². The number of amides is 1. The third-order valence-corrected chi connectivity index (χ3v) is 5.80. The molecule has 0 atom stereocenters. The van der Waals surface area contributed by atoms with Crippen LogP contribution < -0.4 is 10.2 Å². The molecule has 1 amide bonds. The van der Waals surface area contributed by atoms with Gasteiger partial charge in [-0.25, -0.2) is 0 Å². The highest BCUT2D eigenvalue weighted by atomic mass is 32.1. The van der Waals surface area contributed by atoms with E-state index in [2.05, 4.69) is 28.3 Å². The van der Waals surface area contributed by atoms with Crippen LogP contribution in [0.4, 0.5) is 10.7 Å². The van der Waals surface area contributed by atoms with E-state index in [0.29, 0.717) is 23.8 Å². The van der Waals surface area contributed by atoms with E-state index < -0.39 is 0 Å². The molecule has 5 heteroatoms. The van der Waals surface area contributed by atoms with Crippen molar-refractivity contribution < 1.29 is 9.53 Å². The van der Waals surface area contributed by atoms with Crippen LogP contribution in [0.3, 0.4) is 0 Å². The quantitative estimate of drug-likeness (QED) is 0.670. The van der Waals surface area contributed by atoms with E-state index in [9.17, 15) is 4.79 Å². The molecule has 1 aliphatic heterocycles. The summed E-state index contributed by atoms with van der Waals surface area (Å²) >= 11 is 1.52. The number of rotatable bonds is 4. The fourth-order valence-electron chi connectivity index (χ4n) is 3.20. The van der Waals surface area contributed by atoms with Crippen molar-refractivity contribution in [1.29, 1.82) is 0 Å². The van der Waals surface area contributed by atoms with Gasteiger partial charge in [0.25, 0.3) is 5.91 Å². The van der Waals surface area contributed by atoms with Crippen LogP contribution in [0.25, 0.3) is 11.1 Å².